The highest BCUT2D eigenvalue weighted by Crippen LogP contribution is 2.33. The zero-order valence-electron chi connectivity index (χ0n) is 11.8. The molecule has 1 aromatic carbocycles. The van der Waals surface area contributed by atoms with Gasteiger partial charge in [0, 0.05) is 12.5 Å². The summed E-state index contributed by atoms with van der Waals surface area (Å²) in [5.41, 5.74) is 0.985. The van der Waals surface area contributed by atoms with Gasteiger partial charge in [0.15, 0.2) is 0 Å². The van der Waals surface area contributed by atoms with Crippen molar-refractivity contribution in [3.05, 3.63) is 29.8 Å². The molecule has 17 heavy (non-hydrogen) atoms. The molecule has 0 unspecified atom stereocenters. The van der Waals surface area contributed by atoms with E-state index in [1.165, 1.54) is 5.56 Å². The number of aryl methyl sites for hydroxylation is 1. The maximum absolute atomic E-state index is 5.83. The van der Waals surface area contributed by atoms with Crippen LogP contribution in [0.4, 0.5) is 0 Å². The third-order valence-corrected chi connectivity index (χ3v) is 3.76. The first-order valence-corrected chi connectivity index (χ1v) is 6.03. The molecule has 1 aromatic rings. The van der Waals surface area contributed by atoms with E-state index in [4.69, 9.17) is 9.47 Å². The first-order valence-electron chi connectivity index (χ1n) is 6.03. The van der Waals surface area contributed by atoms with E-state index in [9.17, 15) is 0 Å². The summed E-state index contributed by atoms with van der Waals surface area (Å²) in [6.07, 6.45) is 0. The molecule has 0 spiro atoms. The summed E-state index contributed by atoms with van der Waals surface area (Å²) >= 11 is 0. The number of hydrogen-bond acceptors (Lipinski definition) is 2. The van der Waals surface area contributed by atoms with E-state index in [0.29, 0.717) is 6.61 Å². The molecule has 0 aromatic heterocycles. The van der Waals surface area contributed by atoms with Crippen molar-refractivity contribution in [1.82, 2.24) is 0 Å². The number of ether oxygens (including phenoxy) is 2. The molecule has 0 N–H and O–H groups in total. The number of rotatable bonds is 5. The van der Waals surface area contributed by atoms with Crippen molar-refractivity contribution >= 4 is 0 Å². The van der Waals surface area contributed by atoms with E-state index in [0.717, 1.165) is 5.75 Å². The third kappa shape index (κ3) is 3.47. The molecule has 1 rings (SSSR count). The maximum Gasteiger partial charge on any atom is 0.119 e. The minimum Gasteiger partial charge on any atom is -0.493 e. The van der Waals surface area contributed by atoms with Crippen molar-refractivity contribution in [3.63, 3.8) is 0 Å². The summed E-state index contributed by atoms with van der Waals surface area (Å²) in [6.45, 7) is 11.2. The lowest BCUT2D eigenvalue weighted by atomic mass is 9.78. The largest absolute Gasteiger partial charge is 0.493 e. The Balaban J connectivity index is 2.64. The van der Waals surface area contributed by atoms with Crippen LogP contribution in [0.3, 0.4) is 0 Å². The standard InChI is InChI=1S/C15H24O2/c1-12-7-9-13(10-8-12)17-11-14(2,3)15(4,5)16-6/h7-10H,11H2,1-6H3. The average Bonchev–Trinajstić information content (AvgIpc) is 2.28. The second kappa shape index (κ2) is 5.09. The van der Waals surface area contributed by atoms with Crippen LogP contribution in [0.15, 0.2) is 24.3 Å². The summed E-state index contributed by atoms with van der Waals surface area (Å²) < 4.78 is 11.4. The van der Waals surface area contributed by atoms with Gasteiger partial charge in [-0.3, -0.25) is 0 Å². The highest BCUT2D eigenvalue weighted by atomic mass is 16.5. The minimum atomic E-state index is -0.211. The third-order valence-electron chi connectivity index (χ3n) is 3.76. The van der Waals surface area contributed by atoms with Gasteiger partial charge >= 0.3 is 0 Å². The molecule has 0 saturated carbocycles. The monoisotopic (exact) mass is 236 g/mol. The van der Waals surface area contributed by atoms with Gasteiger partial charge < -0.3 is 9.47 Å². The Labute approximate surface area is 105 Å². The van der Waals surface area contributed by atoms with Crippen LogP contribution < -0.4 is 4.74 Å². The Bertz CT molecular complexity index is 350. The van der Waals surface area contributed by atoms with Crippen LogP contribution in [0.2, 0.25) is 0 Å². The molecule has 2 nitrogen and oxygen atoms in total. The molecule has 96 valence electrons. The zero-order valence-corrected chi connectivity index (χ0v) is 11.8. The van der Waals surface area contributed by atoms with Gasteiger partial charge in [0.1, 0.15) is 5.75 Å². The Morgan fingerprint density at radius 1 is 1.00 bits per heavy atom. The summed E-state index contributed by atoms with van der Waals surface area (Å²) in [7, 11) is 1.74. The Kier molecular flexibility index (Phi) is 4.21. The number of benzene rings is 1. The van der Waals surface area contributed by atoms with E-state index < -0.39 is 0 Å². The lowest BCUT2D eigenvalue weighted by Crippen LogP contribution is -2.44. The second-order valence-corrected chi connectivity index (χ2v) is 5.70. The van der Waals surface area contributed by atoms with Crippen molar-refractivity contribution in [2.24, 2.45) is 5.41 Å². The molecule has 0 saturated heterocycles. The van der Waals surface area contributed by atoms with Crippen LogP contribution in [-0.4, -0.2) is 19.3 Å². The van der Waals surface area contributed by atoms with Crippen LogP contribution in [0.25, 0.3) is 0 Å². The van der Waals surface area contributed by atoms with Gasteiger partial charge in [-0.25, -0.2) is 0 Å². The molecule has 2 heteroatoms. The van der Waals surface area contributed by atoms with Crippen LogP contribution >= 0.6 is 0 Å². The summed E-state index contributed by atoms with van der Waals surface area (Å²) in [4.78, 5) is 0. The summed E-state index contributed by atoms with van der Waals surface area (Å²) in [5.74, 6) is 0.913. The molecule has 0 bridgehead atoms. The molecular formula is C15H24O2. The summed E-state index contributed by atoms with van der Waals surface area (Å²) in [6, 6.07) is 8.13. The fourth-order valence-electron chi connectivity index (χ4n) is 1.35. The van der Waals surface area contributed by atoms with Crippen LogP contribution in [-0.2, 0) is 4.74 Å². The molecule has 0 aliphatic rings. The average molecular weight is 236 g/mol. The Morgan fingerprint density at radius 3 is 2.00 bits per heavy atom. The Morgan fingerprint density at radius 2 is 1.53 bits per heavy atom. The van der Waals surface area contributed by atoms with E-state index in [2.05, 4.69) is 46.8 Å². The predicted octanol–water partition coefficient (Wildman–Crippen LogP) is 3.83. The van der Waals surface area contributed by atoms with Gasteiger partial charge in [-0.1, -0.05) is 31.5 Å². The van der Waals surface area contributed by atoms with Crippen molar-refractivity contribution in [2.75, 3.05) is 13.7 Å². The van der Waals surface area contributed by atoms with Gasteiger partial charge in [-0.2, -0.15) is 0 Å². The quantitative estimate of drug-likeness (QED) is 0.773. The van der Waals surface area contributed by atoms with E-state index in [-0.39, 0.29) is 11.0 Å². The molecule has 0 atom stereocenters. The fraction of sp³-hybridized carbons (Fsp3) is 0.600. The predicted molar refractivity (Wildman–Crippen MR) is 71.5 cm³/mol. The zero-order chi connectivity index (χ0) is 13.1. The van der Waals surface area contributed by atoms with Gasteiger partial charge in [0.2, 0.25) is 0 Å². The van der Waals surface area contributed by atoms with Crippen molar-refractivity contribution in [3.8, 4) is 5.75 Å². The first kappa shape index (κ1) is 14.0. The van der Waals surface area contributed by atoms with Crippen LogP contribution in [0.5, 0.6) is 5.75 Å². The molecule has 0 fully saturated rings. The van der Waals surface area contributed by atoms with E-state index in [1.807, 2.05) is 12.1 Å². The second-order valence-electron chi connectivity index (χ2n) is 5.70. The summed E-state index contributed by atoms with van der Waals surface area (Å²) in [5, 5.41) is 0. The topological polar surface area (TPSA) is 18.5 Å². The van der Waals surface area contributed by atoms with Crippen molar-refractivity contribution in [2.45, 2.75) is 40.2 Å². The lowest BCUT2D eigenvalue weighted by molar-refractivity contribution is -0.0875. The molecule has 0 aliphatic carbocycles. The molecule has 0 aliphatic heterocycles. The highest BCUT2D eigenvalue weighted by Gasteiger charge is 2.37. The Hall–Kier alpha value is -1.02. The first-order chi connectivity index (χ1) is 7.78. The number of methoxy groups -OCH3 is 1. The van der Waals surface area contributed by atoms with Gasteiger partial charge in [-0.15, -0.1) is 0 Å². The molecular weight excluding hydrogens is 212 g/mol. The molecule has 0 amide bonds. The van der Waals surface area contributed by atoms with Gasteiger partial charge in [-0.05, 0) is 32.9 Å². The molecule has 0 heterocycles. The van der Waals surface area contributed by atoms with Crippen LogP contribution in [0, 0.1) is 12.3 Å². The van der Waals surface area contributed by atoms with Gasteiger partial charge in [0.25, 0.3) is 0 Å². The van der Waals surface area contributed by atoms with Crippen LogP contribution in [0.1, 0.15) is 33.3 Å². The van der Waals surface area contributed by atoms with Crippen molar-refractivity contribution < 1.29 is 9.47 Å². The van der Waals surface area contributed by atoms with Crippen molar-refractivity contribution in [1.29, 1.82) is 0 Å². The fourth-order valence-corrected chi connectivity index (χ4v) is 1.35. The minimum absolute atomic E-state index is 0.0490. The van der Waals surface area contributed by atoms with Gasteiger partial charge in [0.05, 0.1) is 12.2 Å². The van der Waals surface area contributed by atoms with E-state index >= 15 is 0 Å². The molecule has 0 radical (unpaired) electrons. The lowest BCUT2D eigenvalue weighted by Gasteiger charge is -2.40. The SMILES string of the molecule is COC(C)(C)C(C)(C)COc1ccc(C)cc1. The smallest absolute Gasteiger partial charge is 0.119 e. The number of hydrogen-bond donors (Lipinski definition) is 0. The van der Waals surface area contributed by atoms with E-state index in [1.54, 1.807) is 7.11 Å². The normalized spacial score (nSPS) is 12.6. The maximum atomic E-state index is 5.83. The highest BCUT2D eigenvalue weighted by molar-refractivity contribution is 5.26.